The highest BCUT2D eigenvalue weighted by Gasteiger charge is 2.37. The van der Waals surface area contributed by atoms with E-state index in [-0.39, 0.29) is 6.03 Å². The van der Waals surface area contributed by atoms with Crippen molar-refractivity contribution in [1.82, 2.24) is 4.90 Å². The fourth-order valence-electron chi connectivity index (χ4n) is 2.27. The molecule has 1 aromatic rings. The van der Waals surface area contributed by atoms with Gasteiger partial charge in [-0.2, -0.15) is 0 Å². The molecular weight excluding hydrogens is 276 g/mol. The number of para-hydroxylation sites is 1. The number of carbonyl (C=O) groups excluding carboxylic acids is 1. The Morgan fingerprint density at radius 1 is 1.45 bits per heavy atom. The van der Waals surface area contributed by atoms with Crippen molar-refractivity contribution in [3.8, 4) is 0 Å². The van der Waals surface area contributed by atoms with Gasteiger partial charge in [-0.3, -0.25) is 4.90 Å². The van der Waals surface area contributed by atoms with Crippen LogP contribution in [0.25, 0.3) is 0 Å². The maximum Gasteiger partial charge on any atom is 0.327 e. The van der Waals surface area contributed by atoms with Gasteiger partial charge in [0, 0.05) is 18.0 Å². The molecule has 1 heterocycles. The molecule has 0 bridgehead atoms. The molecule has 0 aromatic heterocycles. The van der Waals surface area contributed by atoms with E-state index in [1.165, 1.54) is 16.7 Å². The monoisotopic (exact) mass is 294 g/mol. The number of carbonyl (C=O) groups is 2. The minimum absolute atomic E-state index is 0.237. The van der Waals surface area contributed by atoms with Crippen LogP contribution in [0.1, 0.15) is 12.5 Å². The van der Waals surface area contributed by atoms with Gasteiger partial charge in [0.25, 0.3) is 0 Å². The fourth-order valence-corrected chi connectivity index (χ4v) is 3.40. The molecule has 2 amide bonds. The second kappa shape index (κ2) is 6.17. The quantitative estimate of drug-likeness (QED) is 0.930. The van der Waals surface area contributed by atoms with Gasteiger partial charge in [0.2, 0.25) is 0 Å². The predicted molar refractivity (Wildman–Crippen MR) is 80.2 cm³/mol. The number of nitrogens with zero attached hydrogens (tertiary/aromatic N) is 2. The Kier molecular flexibility index (Phi) is 4.54. The highest BCUT2D eigenvalue weighted by molar-refractivity contribution is 7.99. The summed E-state index contributed by atoms with van der Waals surface area (Å²) in [7, 11) is 0. The van der Waals surface area contributed by atoms with Gasteiger partial charge >= 0.3 is 12.0 Å². The van der Waals surface area contributed by atoms with E-state index in [9.17, 15) is 14.7 Å². The zero-order chi connectivity index (χ0) is 14.7. The van der Waals surface area contributed by atoms with E-state index in [1.54, 1.807) is 4.90 Å². The third-order valence-corrected chi connectivity index (χ3v) is 4.38. The molecule has 1 saturated heterocycles. The number of thioether (sulfide) groups is 1. The molecule has 1 atom stereocenters. The molecule has 6 heteroatoms. The van der Waals surface area contributed by atoms with Crippen LogP contribution in [0.5, 0.6) is 0 Å². The van der Waals surface area contributed by atoms with Crippen molar-refractivity contribution < 1.29 is 14.7 Å². The number of aliphatic carboxylic acids is 1. The standard InChI is InChI=1S/C14H18N2O3S/c1-3-15(11-7-5-4-6-10(11)2)14(19)16-9-20-8-12(16)13(17)18/h4-7,12H,3,8-9H2,1-2H3,(H,17,18)/t12-/m0/s1. The van der Waals surface area contributed by atoms with Gasteiger partial charge in [0.15, 0.2) is 0 Å². The first kappa shape index (κ1) is 14.7. The number of urea groups is 1. The zero-order valence-corrected chi connectivity index (χ0v) is 12.4. The van der Waals surface area contributed by atoms with E-state index in [4.69, 9.17) is 0 Å². The summed E-state index contributed by atoms with van der Waals surface area (Å²) in [6.45, 7) is 4.35. The Morgan fingerprint density at radius 2 is 2.15 bits per heavy atom. The van der Waals surface area contributed by atoms with Crippen molar-refractivity contribution >= 4 is 29.4 Å². The molecule has 5 nitrogen and oxygen atoms in total. The van der Waals surface area contributed by atoms with Gasteiger partial charge in [-0.05, 0) is 25.5 Å². The summed E-state index contributed by atoms with van der Waals surface area (Å²) in [5.41, 5.74) is 1.84. The number of hydrogen-bond acceptors (Lipinski definition) is 3. The Bertz CT molecular complexity index is 521. The maximum absolute atomic E-state index is 12.6. The van der Waals surface area contributed by atoms with Crippen molar-refractivity contribution in [3.63, 3.8) is 0 Å². The molecule has 1 aliphatic rings. The molecule has 0 saturated carbocycles. The van der Waals surface area contributed by atoms with Crippen molar-refractivity contribution in [2.24, 2.45) is 0 Å². The molecule has 1 aromatic carbocycles. The molecule has 0 unspecified atom stereocenters. The number of rotatable bonds is 3. The van der Waals surface area contributed by atoms with Crippen LogP contribution >= 0.6 is 11.8 Å². The Morgan fingerprint density at radius 3 is 2.75 bits per heavy atom. The maximum atomic E-state index is 12.6. The lowest BCUT2D eigenvalue weighted by molar-refractivity contribution is -0.140. The van der Waals surface area contributed by atoms with Gasteiger partial charge in [0.05, 0.1) is 5.88 Å². The van der Waals surface area contributed by atoms with E-state index >= 15 is 0 Å². The summed E-state index contributed by atoms with van der Waals surface area (Å²) in [5.74, 6) is -0.0610. The molecule has 2 rings (SSSR count). The summed E-state index contributed by atoms with van der Waals surface area (Å²) in [5, 5.41) is 9.19. The number of carboxylic acid groups (broad SMARTS) is 1. The number of aryl methyl sites for hydroxylation is 1. The number of benzene rings is 1. The number of anilines is 1. The van der Waals surface area contributed by atoms with Gasteiger partial charge < -0.3 is 10.0 Å². The fraction of sp³-hybridized carbons (Fsp3) is 0.429. The second-order valence-electron chi connectivity index (χ2n) is 4.64. The molecule has 1 aliphatic heterocycles. The third-order valence-electron chi connectivity index (χ3n) is 3.37. The molecule has 108 valence electrons. The smallest absolute Gasteiger partial charge is 0.327 e. The van der Waals surface area contributed by atoms with Crippen LogP contribution in [0, 0.1) is 6.92 Å². The molecule has 0 aliphatic carbocycles. The highest BCUT2D eigenvalue weighted by atomic mass is 32.2. The molecule has 0 spiro atoms. The molecule has 1 N–H and O–H groups in total. The van der Waals surface area contributed by atoms with Crippen LogP contribution in [0.4, 0.5) is 10.5 Å². The summed E-state index contributed by atoms with van der Waals surface area (Å²) in [4.78, 5) is 26.9. The van der Waals surface area contributed by atoms with Crippen LogP contribution in [0.15, 0.2) is 24.3 Å². The SMILES string of the molecule is CCN(C(=O)N1CSC[C@H]1C(=O)O)c1ccccc1C. The topological polar surface area (TPSA) is 60.9 Å². The summed E-state index contributed by atoms with van der Waals surface area (Å²) in [6, 6.07) is 6.66. The summed E-state index contributed by atoms with van der Waals surface area (Å²) in [6.07, 6.45) is 0. The third kappa shape index (κ3) is 2.75. The molecular formula is C14H18N2O3S. The highest BCUT2D eigenvalue weighted by Crippen LogP contribution is 2.26. The Labute approximate surface area is 122 Å². The minimum atomic E-state index is -0.941. The van der Waals surface area contributed by atoms with E-state index in [0.29, 0.717) is 18.2 Å². The van der Waals surface area contributed by atoms with E-state index in [1.807, 2.05) is 38.1 Å². The molecule has 0 radical (unpaired) electrons. The van der Waals surface area contributed by atoms with Crippen LogP contribution in [-0.2, 0) is 4.79 Å². The van der Waals surface area contributed by atoms with Gasteiger partial charge in [-0.25, -0.2) is 9.59 Å². The molecule has 20 heavy (non-hydrogen) atoms. The first-order chi connectivity index (χ1) is 9.56. The van der Waals surface area contributed by atoms with Gasteiger partial charge in [-0.15, -0.1) is 11.8 Å². The normalized spacial score (nSPS) is 18.1. The van der Waals surface area contributed by atoms with Crippen LogP contribution in [0.3, 0.4) is 0 Å². The lowest BCUT2D eigenvalue weighted by atomic mass is 10.2. The largest absolute Gasteiger partial charge is 0.480 e. The zero-order valence-electron chi connectivity index (χ0n) is 11.6. The van der Waals surface area contributed by atoms with E-state index in [2.05, 4.69) is 0 Å². The van der Waals surface area contributed by atoms with Crippen LogP contribution in [-0.4, -0.2) is 46.2 Å². The first-order valence-corrected chi connectivity index (χ1v) is 7.66. The van der Waals surface area contributed by atoms with Gasteiger partial charge in [0.1, 0.15) is 6.04 Å². The Balaban J connectivity index is 2.26. The first-order valence-electron chi connectivity index (χ1n) is 6.50. The lowest BCUT2D eigenvalue weighted by Gasteiger charge is -2.30. The van der Waals surface area contributed by atoms with Crippen molar-refractivity contribution in [3.05, 3.63) is 29.8 Å². The van der Waals surface area contributed by atoms with Crippen molar-refractivity contribution in [2.45, 2.75) is 19.9 Å². The van der Waals surface area contributed by atoms with E-state index in [0.717, 1.165) is 11.3 Å². The van der Waals surface area contributed by atoms with Crippen LogP contribution < -0.4 is 4.90 Å². The average molecular weight is 294 g/mol. The minimum Gasteiger partial charge on any atom is -0.480 e. The molecule has 1 fully saturated rings. The van der Waals surface area contributed by atoms with Crippen LogP contribution in [0.2, 0.25) is 0 Å². The average Bonchev–Trinajstić information content (AvgIpc) is 2.91. The van der Waals surface area contributed by atoms with Gasteiger partial charge in [-0.1, -0.05) is 18.2 Å². The number of hydrogen-bond donors (Lipinski definition) is 1. The second-order valence-corrected chi connectivity index (χ2v) is 5.64. The van der Waals surface area contributed by atoms with Crippen molar-refractivity contribution in [1.29, 1.82) is 0 Å². The number of amides is 2. The summed E-state index contributed by atoms with van der Waals surface area (Å²) < 4.78 is 0. The van der Waals surface area contributed by atoms with E-state index < -0.39 is 12.0 Å². The summed E-state index contributed by atoms with van der Waals surface area (Å²) >= 11 is 1.47. The number of carboxylic acids is 1. The predicted octanol–water partition coefficient (Wildman–Crippen LogP) is 2.40. The Hall–Kier alpha value is -1.69. The lowest BCUT2D eigenvalue weighted by Crippen LogP contribution is -2.49. The van der Waals surface area contributed by atoms with Crippen molar-refractivity contribution in [2.75, 3.05) is 23.1 Å².